The third-order valence-electron chi connectivity index (χ3n) is 2.82. The van der Waals surface area contributed by atoms with Gasteiger partial charge in [-0.05, 0) is 42.3 Å². The summed E-state index contributed by atoms with van der Waals surface area (Å²) in [5.74, 6) is -2.02. The van der Waals surface area contributed by atoms with Gasteiger partial charge in [0.15, 0.2) is 0 Å². The van der Waals surface area contributed by atoms with Crippen molar-refractivity contribution in [2.45, 2.75) is 13.5 Å². The van der Waals surface area contributed by atoms with E-state index in [1.54, 1.807) is 18.5 Å². The summed E-state index contributed by atoms with van der Waals surface area (Å²) < 4.78 is 13.5. The average molecular weight is 260 g/mol. The molecule has 0 radical (unpaired) electrons. The van der Waals surface area contributed by atoms with Crippen molar-refractivity contribution in [1.82, 2.24) is 4.98 Å². The standard InChI is InChI=1S/C14H13FN2O2/c1-9-7-16-5-4-10(9)8-17-11-2-3-12(14(18)19)13(15)6-11/h2-7,17H,8H2,1H3,(H,18,19). The van der Waals surface area contributed by atoms with Gasteiger partial charge >= 0.3 is 5.97 Å². The number of hydrogen-bond donors (Lipinski definition) is 2. The molecule has 1 aromatic heterocycles. The van der Waals surface area contributed by atoms with Gasteiger partial charge in [-0.1, -0.05) is 0 Å². The number of halogens is 1. The fourth-order valence-corrected chi connectivity index (χ4v) is 1.70. The molecule has 2 aromatic rings. The molecule has 2 rings (SSSR count). The number of nitrogens with one attached hydrogen (secondary N) is 1. The lowest BCUT2D eigenvalue weighted by atomic mass is 10.1. The summed E-state index contributed by atoms with van der Waals surface area (Å²) >= 11 is 0. The minimum Gasteiger partial charge on any atom is -0.478 e. The Kier molecular flexibility index (Phi) is 3.75. The zero-order valence-electron chi connectivity index (χ0n) is 10.4. The predicted molar refractivity (Wildman–Crippen MR) is 69.7 cm³/mol. The number of rotatable bonds is 4. The number of benzene rings is 1. The maximum absolute atomic E-state index is 13.5. The lowest BCUT2D eigenvalue weighted by Crippen LogP contribution is -2.04. The van der Waals surface area contributed by atoms with Crippen molar-refractivity contribution in [1.29, 1.82) is 0 Å². The van der Waals surface area contributed by atoms with Gasteiger partial charge in [-0.3, -0.25) is 4.98 Å². The van der Waals surface area contributed by atoms with Crippen LogP contribution in [-0.4, -0.2) is 16.1 Å². The molecule has 2 N–H and O–H groups in total. The first-order valence-corrected chi connectivity index (χ1v) is 5.74. The van der Waals surface area contributed by atoms with Crippen LogP contribution >= 0.6 is 0 Å². The third kappa shape index (κ3) is 3.07. The number of anilines is 1. The number of aromatic carboxylic acids is 1. The highest BCUT2D eigenvalue weighted by Gasteiger charge is 2.10. The Hall–Kier alpha value is -2.43. The van der Waals surface area contributed by atoms with E-state index in [1.165, 1.54) is 12.1 Å². The van der Waals surface area contributed by atoms with E-state index >= 15 is 0 Å². The Balaban J connectivity index is 2.11. The van der Waals surface area contributed by atoms with Gasteiger partial charge in [0.1, 0.15) is 5.82 Å². The first kappa shape index (κ1) is 13.0. The maximum Gasteiger partial charge on any atom is 0.338 e. The van der Waals surface area contributed by atoms with Crippen LogP contribution in [0.4, 0.5) is 10.1 Å². The molecule has 19 heavy (non-hydrogen) atoms. The minimum atomic E-state index is -1.27. The summed E-state index contributed by atoms with van der Waals surface area (Å²) in [5.41, 5.74) is 2.31. The molecule has 5 heteroatoms. The molecule has 0 atom stereocenters. The molecule has 0 unspecified atom stereocenters. The molecule has 0 aliphatic carbocycles. The van der Waals surface area contributed by atoms with Crippen LogP contribution in [-0.2, 0) is 6.54 Å². The van der Waals surface area contributed by atoms with Gasteiger partial charge in [0.05, 0.1) is 5.56 Å². The van der Waals surface area contributed by atoms with Crippen molar-refractivity contribution < 1.29 is 14.3 Å². The van der Waals surface area contributed by atoms with Gasteiger partial charge in [0.2, 0.25) is 0 Å². The first-order valence-electron chi connectivity index (χ1n) is 5.74. The molecule has 0 amide bonds. The fourth-order valence-electron chi connectivity index (χ4n) is 1.70. The Morgan fingerprint density at radius 2 is 2.21 bits per heavy atom. The van der Waals surface area contributed by atoms with Gasteiger partial charge in [-0.2, -0.15) is 0 Å². The molecule has 4 nitrogen and oxygen atoms in total. The van der Waals surface area contributed by atoms with Crippen molar-refractivity contribution in [3.05, 3.63) is 59.2 Å². The average Bonchev–Trinajstić information content (AvgIpc) is 2.37. The molecular formula is C14H13FN2O2. The molecule has 1 aromatic carbocycles. The van der Waals surface area contributed by atoms with Crippen LogP contribution < -0.4 is 5.32 Å². The smallest absolute Gasteiger partial charge is 0.338 e. The summed E-state index contributed by atoms with van der Waals surface area (Å²) in [6, 6.07) is 5.85. The van der Waals surface area contributed by atoms with E-state index in [4.69, 9.17) is 5.11 Å². The molecule has 0 fully saturated rings. The molecule has 98 valence electrons. The van der Waals surface area contributed by atoms with Crippen LogP contribution in [0.25, 0.3) is 0 Å². The second-order valence-corrected chi connectivity index (χ2v) is 4.16. The van der Waals surface area contributed by atoms with E-state index in [-0.39, 0.29) is 5.56 Å². The van der Waals surface area contributed by atoms with Crippen LogP contribution in [0.5, 0.6) is 0 Å². The maximum atomic E-state index is 13.5. The summed E-state index contributed by atoms with van der Waals surface area (Å²) in [5, 5.41) is 11.8. The Morgan fingerprint density at radius 3 is 2.84 bits per heavy atom. The lowest BCUT2D eigenvalue weighted by molar-refractivity contribution is 0.0692. The van der Waals surface area contributed by atoms with Crippen LogP contribution in [0.1, 0.15) is 21.5 Å². The zero-order chi connectivity index (χ0) is 13.8. The van der Waals surface area contributed by atoms with E-state index in [2.05, 4.69) is 10.3 Å². The van der Waals surface area contributed by atoms with Gasteiger partial charge in [-0.25, -0.2) is 9.18 Å². The topological polar surface area (TPSA) is 62.2 Å². The molecule has 0 saturated carbocycles. The summed E-state index contributed by atoms with van der Waals surface area (Å²) in [7, 11) is 0. The van der Waals surface area contributed by atoms with Crippen LogP contribution in [0.2, 0.25) is 0 Å². The Morgan fingerprint density at radius 1 is 1.42 bits per heavy atom. The largest absolute Gasteiger partial charge is 0.478 e. The number of carbonyl (C=O) groups is 1. The number of nitrogens with zero attached hydrogens (tertiary/aromatic N) is 1. The van der Waals surface area contributed by atoms with E-state index in [0.717, 1.165) is 11.1 Å². The zero-order valence-corrected chi connectivity index (χ0v) is 10.4. The van der Waals surface area contributed by atoms with Crippen LogP contribution in [0, 0.1) is 12.7 Å². The highest BCUT2D eigenvalue weighted by molar-refractivity contribution is 5.88. The molecule has 1 heterocycles. The lowest BCUT2D eigenvalue weighted by Gasteiger charge is -2.09. The van der Waals surface area contributed by atoms with Gasteiger partial charge in [-0.15, -0.1) is 0 Å². The van der Waals surface area contributed by atoms with Crippen molar-refractivity contribution in [2.75, 3.05) is 5.32 Å². The van der Waals surface area contributed by atoms with E-state index in [0.29, 0.717) is 12.2 Å². The van der Waals surface area contributed by atoms with E-state index in [1.807, 2.05) is 13.0 Å². The van der Waals surface area contributed by atoms with Gasteiger partial charge < -0.3 is 10.4 Å². The predicted octanol–water partition coefficient (Wildman–Crippen LogP) is 2.84. The number of carboxylic acid groups (broad SMARTS) is 1. The summed E-state index contributed by atoms with van der Waals surface area (Å²) in [6.07, 6.45) is 3.45. The van der Waals surface area contributed by atoms with Crippen LogP contribution in [0.15, 0.2) is 36.7 Å². The van der Waals surface area contributed by atoms with E-state index in [9.17, 15) is 9.18 Å². The normalized spacial score (nSPS) is 10.2. The third-order valence-corrected chi connectivity index (χ3v) is 2.82. The second-order valence-electron chi connectivity index (χ2n) is 4.16. The monoisotopic (exact) mass is 260 g/mol. The molecule has 0 aliphatic heterocycles. The molecule has 0 aliphatic rings. The molecule has 0 spiro atoms. The second kappa shape index (κ2) is 5.48. The fraction of sp³-hybridized carbons (Fsp3) is 0.143. The van der Waals surface area contributed by atoms with E-state index < -0.39 is 11.8 Å². The van der Waals surface area contributed by atoms with Crippen molar-refractivity contribution in [3.63, 3.8) is 0 Å². The van der Waals surface area contributed by atoms with Crippen molar-refractivity contribution >= 4 is 11.7 Å². The van der Waals surface area contributed by atoms with Crippen molar-refractivity contribution in [2.24, 2.45) is 0 Å². The summed E-state index contributed by atoms with van der Waals surface area (Å²) in [6.45, 7) is 2.47. The van der Waals surface area contributed by atoms with Crippen molar-refractivity contribution in [3.8, 4) is 0 Å². The highest BCUT2D eigenvalue weighted by atomic mass is 19.1. The van der Waals surface area contributed by atoms with Gasteiger partial charge in [0.25, 0.3) is 0 Å². The SMILES string of the molecule is Cc1cnccc1CNc1ccc(C(=O)O)c(F)c1. The Bertz CT molecular complexity index is 614. The van der Waals surface area contributed by atoms with Crippen LogP contribution in [0.3, 0.4) is 0 Å². The molecular weight excluding hydrogens is 247 g/mol. The number of pyridine rings is 1. The quantitative estimate of drug-likeness (QED) is 0.887. The molecule has 0 bridgehead atoms. The first-order chi connectivity index (χ1) is 9.08. The number of aryl methyl sites for hydroxylation is 1. The number of carboxylic acids is 1. The number of hydrogen-bond acceptors (Lipinski definition) is 3. The summed E-state index contributed by atoms with van der Waals surface area (Å²) in [4.78, 5) is 14.7. The van der Waals surface area contributed by atoms with Gasteiger partial charge in [0, 0.05) is 24.6 Å². The number of aromatic nitrogens is 1. The Labute approximate surface area is 109 Å². The minimum absolute atomic E-state index is 0.328. The highest BCUT2D eigenvalue weighted by Crippen LogP contribution is 2.16. The molecule has 0 saturated heterocycles.